The van der Waals surface area contributed by atoms with E-state index >= 15 is 0 Å². The molecule has 5 nitrogen and oxygen atoms in total. The number of nitrogens with zero attached hydrogens (tertiary/aromatic N) is 2. The third-order valence-electron chi connectivity index (χ3n) is 2.71. The number of rotatable bonds is 4. The Balaban J connectivity index is 2.39. The summed E-state index contributed by atoms with van der Waals surface area (Å²) in [5, 5.41) is 13.7. The fraction of sp³-hybridized carbons (Fsp3) is 0.143. The van der Waals surface area contributed by atoms with Crippen molar-refractivity contribution in [3.63, 3.8) is 0 Å². The number of ether oxygens (including phenoxy) is 1. The van der Waals surface area contributed by atoms with Crippen molar-refractivity contribution < 1.29 is 14.6 Å². The zero-order chi connectivity index (χ0) is 15.6. The molecule has 7 heteroatoms. The summed E-state index contributed by atoms with van der Waals surface area (Å²) in [6.07, 6.45) is 2.48. The highest BCUT2D eigenvalue weighted by atomic mass is 35.5. The topological polar surface area (TPSA) is 64.4 Å². The third-order valence-corrected chi connectivity index (χ3v) is 3.45. The summed E-state index contributed by atoms with van der Waals surface area (Å²) in [5.74, 6) is -0.139. The van der Waals surface area contributed by atoms with Gasteiger partial charge in [0.15, 0.2) is 0 Å². The third kappa shape index (κ3) is 3.56. The van der Waals surface area contributed by atoms with Crippen molar-refractivity contribution in [1.82, 2.24) is 9.78 Å². The first-order valence-electron chi connectivity index (χ1n) is 5.96. The first kappa shape index (κ1) is 15.4. The molecule has 0 saturated carbocycles. The average molecular weight is 327 g/mol. The van der Waals surface area contributed by atoms with E-state index in [2.05, 4.69) is 5.10 Å². The zero-order valence-electron chi connectivity index (χ0n) is 11.3. The lowest BCUT2D eigenvalue weighted by Gasteiger charge is -2.08. The summed E-state index contributed by atoms with van der Waals surface area (Å²) in [7, 11) is 1.71. The largest absolute Gasteiger partial charge is 0.478 e. The van der Waals surface area contributed by atoms with Gasteiger partial charge in [-0.1, -0.05) is 23.2 Å². The van der Waals surface area contributed by atoms with Gasteiger partial charge in [0, 0.05) is 19.2 Å². The maximum Gasteiger partial charge on any atom is 0.328 e. The number of aliphatic carboxylic acids is 1. The summed E-state index contributed by atoms with van der Waals surface area (Å²) in [4.78, 5) is 10.7. The van der Waals surface area contributed by atoms with Gasteiger partial charge in [-0.05, 0) is 25.1 Å². The predicted octanol–water partition coefficient (Wildman–Crippen LogP) is 3.93. The lowest BCUT2D eigenvalue weighted by molar-refractivity contribution is -0.131. The Labute approximate surface area is 131 Å². The number of aromatic nitrogens is 2. The molecule has 0 bridgehead atoms. The number of carboxylic acids is 1. The summed E-state index contributed by atoms with van der Waals surface area (Å²) < 4.78 is 7.27. The number of carbonyl (C=O) groups is 1. The number of hydrogen-bond donors (Lipinski definition) is 1. The highest BCUT2D eigenvalue weighted by Crippen LogP contribution is 2.32. The normalized spacial score (nSPS) is 11.0. The van der Waals surface area contributed by atoms with E-state index in [1.165, 1.54) is 10.8 Å². The Morgan fingerprint density at radius 2 is 2.10 bits per heavy atom. The monoisotopic (exact) mass is 326 g/mol. The van der Waals surface area contributed by atoms with Gasteiger partial charge >= 0.3 is 5.97 Å². The second-order valence-electron chi connectivity index (χ2n) is 4.28. The van der Waals surface area contributed by atoms with Crippen molar-refractivity contribution in [2.45, 2.75) is 6.92 Å². The number of carboxylic acid groups (broad SMARTS) is 1. The van der Waals surface area contributed by atoms with Crippen molar-refractivity contribution >= 4 is 35.2 Å². The molecular formula is C14H12Cl2N2O3. The molecule has 0 radical (unpaired) electrons. The molecule has 1 aromatic carbocycles. The van der Waals surface area contributed by atoms with Crippen LogP contribution in [0.1, 0.15) is 11.3 Å². The molecule has 1 N–H and O–H groups in total. The molecule has 2 aromatic rings. The lowest BCUT2D eigenvalue weighted by Crippen LogP contribution is -1.96. The summed E-state index contributed by atoms with van der Waals surface area (Å²) in [6.45, 7) is 1.77. The average Bonchev–Trinajstić information content (AvgIpc) is 2.66. The van der Waals surface area contributed by atoms with Crippen LogP contribution in [0.25, 0.3) is 6.08 Å². The van der Waals surface area contributed by atoms with Gasteiger partial charge < -0.3 is 9.84 Å². The molecule has 110 valence electrons. The Morgan fingerprint density at radius 1 is 1.38 bits per heavy atom. The summed E-state index contributed by atoms with van der Waals surface area (Å²) >= 11 is 11.8. The smallest absolute Gasteiger partial charge is 0.328 e. The predicted molar refractivity (Wildman–Crippen MR) is 81.2 cm³/mol. The van der Waals surface area contributed by atoms with Crippen molar-refractivity contribution in [3.8, 4) is 11.6 Å². The van der Waals surface area contributed by atoms with Gasteiger partial charge in [-0.2, -0.15) is 5.10 Å². The molecular weight excluding hydrogens is 315 g/mol. The van der Waals surface area contributed by atoms with E-state index < -0.39 is 5.97 Å². The minimum Gasteiger partial charge on any atom is -0.478 e. The molecule has 2 rings (SSSR count). The molecule has 0 atom stereocenters. The van der Waals surface area contributed by atoms with E-state index in [1.54, 1.807) is 32.2 Å². The van der Waals surface area contributed by atoms with Gasteiger partial charge in [0.25, 0.3) is 0 Å². The van der Waals surface area contributed by atoms with Gasteiger partial charge in [-0.3, -0.25) is 0 Å². The zero-order valence-corrected chi connectivity index (χ0v) is 12.8. The number of hydrogen-bond acceptors (Lipinski definition) is 3. The van der Waals surface area contributed by atoms with Crippen LogP contribution in [0.4, 0.5) is 0 Å². The summed E-state index contributed by atoms with van der Waals surface area (Å²) in [5.41, 5.74) is 1.25. The van der Waals surface area contributed by atoms with Gasteiger partial charge in [0.05, 0.1) is 21.3 Å². The van der Waals surface area contributed by atoms with E-state index in [9.17, 15) is 4.79 Å². The van der Waals surface area contributed by atoms with Crippen LogP contribution < -0.4 is 4.74 Å². The first-order valence-corrected chi connectivity index (χ1v) is 6.71. The van der Waals surface area contributed by atoms with Gasteiger partial charge in [0.1, 0.15) is 5.75 Å². The van der Waals surface area contributed by atoms with E-state index in [-0.39, 0.29) is 0 Å². The molecule has 0 saturated heterocycles. The molecule has 0 aliphatic rings. The molecule has 0 aliphatic carbocycles. The fourth-order valence-corrected chi connectivity index (χ4v) is 2.06. The Kier molecular flexibility index (Phi) is 4.55. The number of halogens is 2. The fourth-order valence-electron chi connectivity index (χ4n) is 1.77. The highest BCUT2D eigenvalue weighted by Gasteiger charge is 2.14. The maximum atomic E-state index is 10.7. The quantitative estimate of drug-likeness (QED) is 0.864. The van der Waals surface area contributed by atoms with E-state index in [1.807, 2.05) is 0 Å². The minimum absolute atomic E-state index is 0.371. The van der Waals surface area contributed by atoms with Crippen LogP contribution >= 0.6 is 23.2 Å². The molecule has 0 spiro atoms. The maximum absolute atomic E-state index is 10.7. The molecule has 0 fully saturated rings. The van der Waals surface area contributed by atoms with Crippen LogP contribution in [0.2, 0.25) is 10.0 Å². The Bertz CT molecular complexity index is 723. The standard InChI is InChI=1S/C14H12Cl2N2O3/c1-8-10(4-6-13(19)20)14(18(2)17-8)21-9-3-5-11(15)12(16)7-9/h3-7H,1-2H3,(H,19,20)/b6-4+. The molecule has 1 aromatic heterocycles. The van der Waals surface area contributed by atoms with Gasteiger partial charge in [-0.25, -0.2) is 9.48 Å². The molecule has 0 aliphatic heterocycles. The molecule has 0 unspecified atom stereocenters. The SMILES string of the molecule is Cc1nn(C)c(Oc2ccc(Cl)c(Cl)c2)c1/C=C/C(=O)O. The van der Waals surface area contributed by atoms with E-state index in [0.717, 1.165) is 6.08 Å². The Hall–Kier alpha value is -1.98. The molecule has 0 amide bonds. The number of aryl methyl sites for hydroxylation is 2. The van der Waals surface area contributed by atoms with Crippen molar-refractivity contribution in [2.24, 2.45) is 7.05 Å². The molecule has 1 heterocycles. The Morgan fingerprint density at radius 3 is 2.71 bits per heavy atom. The van der Waals surface area contributed by atoms with Crippen LogP contribution in [0.15, 0.2) is 24.3 Å². The van der Waals surface area contributed by atoms with Crippen LogP contribution in [0, 0.1) is 6.92 Å². The van der Waals surface area contributed by atoms with Crippen LogP contribution in [0.3, 0.4) is 0 Å². The lowest BCUT2D eigenvalue weighted by atomic mass is 10.2. The van der Waals surface area contributed by atoms with E-state index in [4.69, 9.17) is 33.0 Å². The van der Waals surface area contributed by atoms with Gasteiger partial charge in [0.2, 0.25) is 5.88 Å². The van der Waals surface area contributed by atoms with Gasteiger partial charge in [-0.15, -0.1) is 0 Å². The highest BCUT2D eigenvalue weighted by molar-refractivity contribution is 6.42. The number of benzene rings is 1. The summed E-state index contributed by atoms with van der Waals surface area (Å²) in [6, 6.07) is 4.87. The first-order chi connectivity index (χ1) is 9.88. The van der Waals surface area contributed by atoms with E-state index in [0.29, 0.717) is 32.9 Å². The van der Waals surface area contributed by atoms with Crippen molar-refractivity contribution in [3.05, 3.63) is 45.6 Å². The van der Waals surface area contributed by atoms with Crippen LogP contribution in [-0.2, 0) is 11.8 Å². The minimum atomic E-state index is -1.04. The second kappa shape index (κ2) is 6.20. The van der Waals surface area contributed by atoms with Crippen LogP contribution in [0.5, 0.6) is 11.6 Å². The van der Waals surface area contributed by atoms with Crippen molar-refractivity contribution in [1.29, 1.82) is 0 Å². The second-order valence-corrected chi connectivity index (χ2v) is 5.09. The molecule has 21 heavy (non-hydrogen) atoms. The van der Waals surface area contributed by atoms with Crippen LogP contribution in [-0.4, -0.2) is 20.9 Å². The van der Waals surface area contributed by atoms with Crippen molar-refractivity contribution in [2.75, 3.05) is 0 Å².